The number of hydrogen-bond donors (Lipinski definition) is 2. The summed E-state index contributed by atoms with van der Waals surface area (Å²) in [6.45, 7) is 13.4. The van der Waals surface area contributed by atoms with Crippen molar-refractivity contribution in [3.05, 3.63) is 23.3 Å². The lowest BCUT2D eigenvalue weighted by Gasteiger charge is -2.64. The maximum atomic E-state index is 11.2. The van der Waals surface area contributed by atoms with Crippen molar-refractivity contribution in [1.82, 2.24) is 4.90 Å². The second kappa shape index (κ2) is 8.42. The molecule has 2 aliphatic heterocycles. The van der Waals surface area contributed by atoms with E-state index in [0.29, 0.717) is 12.0 Å². The summed E-state index contributed by atoms with van der Waals surface area (Å²) >= 11 is 0. The number of benzene rings is 1. The van der Waals surface area contributed by atoms with Crippen LogP contribution < -0.4 is 0 Å². The van der Waals surface area contributed by atoms with Gasteiger partial charge in [-0.05, 0) is 95.7 Å². The molecule has 0 spiro atoms. The lowest BCUT2D eigenvalue weighted by atomic mass is 9.48. The van der Waals surface area contributed by atoms with E-state index < -0.39 is 0 Å². The van der Waals surface area contributed by atoms with Gasteiger partial charge in [0.25, 0.3) is 0 Å². The molecule has 0 radical (unpaired) electrons. The van der Waals surface area contributed by atoms with Crippen molar-refractivity contribution in [3.8, 4) is 11.5 Å². The number of aryl methyl sites for hydroxylation is 1. The van der Waals surface area contributed by atoms with E-state index in [9.17, 15) is 10.2 Å². The van der Waals surface area contributed by atoms with Gasteiger partial charge in [-0.15, -0.1) is 0 Å². The molecule has 184 valence electrons. The highest BCUT2D eigenvalue weighted by molar-refractivity contribution is 5.54. The zero-order valence-corrected chi connectivity index (χ0v) is 21.1. The number of nitrogens with zero attached hydrogens (tertiary/aromatic N) is 1. The number of piperidine rings is 1. The standard InChI is InChI=1S/C28H43NO4/c1-6-24-32-19(5)27(7-2)14-21-18(4)29(16-20-9-10-20)13-12-28(21,15-23(27)33-24)25-17(3)8-11-22(30)26(25)31/h8,11,18-21,23-24,30-31H,6-7,9-10,12-16H2,1-5H3. The molecule has 5 rings (SSSR count). The molecule has 5 heteroatoms. The van der Waals surface area contributed by atoms with Crippen molar-refractivity contribution in [2.24, 2.45) is 17.3 Å². The third-order valence-electron chi connectivity index (χ3n) is 10.0. The zero-order chi connectivity index (χ0) is 23.5. The molecule has 2 saturated heterocycles. The fraction of sp³-hybridized carbons (Fsp3) is 0.786. The number of phenolic OH excluding ortho intramolecular Hbond substituents is 2. The van der Waals surface area contributed by atoms with Gasteiger partial charge in [0, 0.05) is 29.0 Å². The van der Waals surface area contributed by atoms with Crippen LogP contribution in [0.2, 0.25) is 0 Å². The van der Waals surface area contributed by atoms with Gasteiger partial charge in [-0.25, -0.2) is 0 Å². The third kappa shape index (κ3) is 3.61. The Kier molecular flexibility index (Phi) is 5.98. The van der Waals surface area contributed by atoms with Crippen LogP contribution in [0.5, 0.6) is 11.5 Å². The maximum Gasteiger partial charge on any atom is 0.161 e. The number of phenols is 2. The van der Waals surface area contributed by atoms with E-state index in [1.807, 2.05) is 6.07 Å². The summed E-state index contributed by atoms with van der Waals surface area (Å²) in [5.74, 6) is 1.31. The lowest BCUT2D eigenvalue weighted by molar-refractivity contribution is -0.320. The first kappa shape index (κ1) is 23.4. The van der Waals surface area contributed by atoms with E-state index >= 15 is 0 Å². The van der Waals surface area contributed by atoms with Crippen LogP contribution in [0.1, 0.15) is 83.8 Å². The Morgan fingerprint density at radius 1 is 1.09 bits per heavy atom. The first-order valence-electron chi connectivity index (χ1n) is 13.3. The molecule has 7 unspecified atom stereocenters. The maximum absolute atomic E-state index is 11.2. The normalized spacial score (nSPS) is 41.4. The molecule has 0 bridgehead atoms. The van der Waals surface area contributed by atoms with E-state index in [0.717, 1.165) is 55.7 Å². The minimum atomic E-state index is -0.203. The van der Waals surface area contributed by atoms with E-state index in [4.69, 9.17) is 9.47 Å². The molecule has 2 saturated carbocycles. The summed E-state index contributed by atoms with van der Waals surface area (Å²) in [5.41, 5.74) is 1.82. The van der Waals surface area contributed by atoms with Gasteiger partial charge in [-0.1, -0.05) is 19.9 Å². The molecule has 2 N–H and O–H groups in total. The molecular weight excluding hydrogens is 414 g/mol. The summed E-state index contributed by atoms with van der Waals surface area (Å²) in [4.78, 5) is 2.71. The minimum Gasteiger partial charge on any atom is -0.504 e. The number of fused-ring (bicyclic) bond motifs is 2. The summed E-state index contributed by atoms with van der Waals surface area (Å²) in [5, 5.41) is 21.7. The van der Waals surface area contributed by atoms with Crippen molar-refractivity contribution < 1.29 is 19.7 Å². The summed E-state index contributed by atoms with van der Waals surface area (Å²) in [6, 6.07) is 4.02. The fourth-order valence-electron chi connectivity index (χ4n) is 7.80. The smallest absolute Gasteiger partial charge is 0.161 e. The molecule has 5 nitrogen and oxygen atoms in total. The van der Waals surface area contributed by atoms with E-state index in [1.165, 1.54) is 19.4 Å². The first-order chi connectivity index (χ1) is 15.8. The summed E-state index contributed by atoms with van der Waals surface area (Å²) in [6.07, 6.45) is 7.60. The van der Waals surface area contributed by atoms with Crippen molar-refractivity contribution in [1.29, 1.82) is 0 Å². The predicted octanol–water partition coefficient (Wildman–Crippen LogP) is 5.49. The summed E-state index contributed by atoms with van der Waals surface area (Å²) < 4.78 is 13.1. The number of rotatable bonds is 5. The van der Waals surface area contributed by atoms with Gasteiger partial charge in [-0.3, -0.25) is 0 Å². The largest absolute Gasteiger partial charge is 0.504 e. The Bertz CT molecular complexity index is 885. The van der Waals surface area contributed by atoms with Crippen LogP contribution in [0.3, 0.4) is 0 Å². The predicted molar refractivity (Wildman–Crippen MR) is 130 cm³/mol. The Morgan fingerprint density at radius 3 is 2.52 bits per heavy atom. The molecule has 7 atom stereocenters. The van der Waals surface area contributed by atoms with Gasteiger partial charge in [0.05, 0.1) is 12.2 Å². The van der Waals surface area contributed by atoms with Crippen molar-refractivity contribution >= 4 is 0 Å². The number of aromatic hydroxyl groups is 2. The van der Waals surface area contributed by atoms with Gasteiger partial charge in [0.1, 0.15) is 0 Å². The van der Waals surface area contributed by atoms with Crippen LogP contribution in [0, 0.1) is 24.2 Å². The van der Waals surface area contributed by atoms with Gasteiger partial charge >= 0.3 is 0 Å². The monoisotopic (exact) mass is 457 g/mol. The van der Waals surface area contributed by atoms with E-state index in [-0.39, 0.29) is 40.8 Å². The molecule has 1 aromatic rings. The van der Waals surface area contributed by atoms with Crippen LogP contribution in [-0.2, 0) is 14.9 Å². The van der Waals surface area contributed by atoms with Crippen molar-refractivity contribution in [2.75, 3.05) is 13.1 Å². The number of hydrogen-bond acceptors (Lipinski definition) is 5. The summed E-state index contributed by atoms with van der Waals surface area (Å²) in [7, 11) is 0. The van der Waals surface area contributed by atoms with Crippen LogP contribution >= 0.6 is 0 Å². The topological polar surface area (TPSA) is 62.2 Å². The molecule has 2 aliphatic carbocycles. The van der Waals surface area contributed by atoms with Crippen molar-refractivity contribution in [3.63, 3.8) is 0 Å². The Balaban J connectivity index is 1.62. The zero-order valence-electron chi connectivity index (χ0n) is 21.1. The fourth-order valence-corrected chi connectivity index (χ4v) is 7.80. The minimum absolute atomic E-state index is 0.00295. The molecular formula is C28H43NO4. The SMILES string of the molecule is CCC1OC(C)C2(CC)CC3C(C)N(CC4CC4)CCC3(c3c(C)ccc(O)c3O)CC2O1. The highest BCUT2D eigenvalue weighted by Gasteiger charge is 2.63. The third-order valence-corrected chi connectivity index (χ3v) is 10.0. The highest BCUT2D eigenvalue weighted by atomic mass is 16.7. The molecule has 0 aromatic heterocycles. The molecule has 0 amide bonds. The van der Waals surface area contributed by atoms with Gasteiger partial charge < -0.3 is 24.6 Å². The van der Waals surface area contributed by atoms with Crippen LogP contribution in [0.4, 0.5) is 0 Å². The van der Waals surface area contributed by atoms with Gasteiger partial charge in [0.15, 0.2) is 17.8 Å². The second-order valence-electron chi connectivity index (χ2n) is 11.6. The molecule has 33 heavy (non-hydrogen) atoms. The molecule has 2 heterocycles. The van der Waals surface area contributed by atoms with E-state index in [2.05, 4.69) is 39.5 Å². The number of likely N-dealkylation sites (tertiary alicyclic amines) is 1. The quantitative estimate of drug-likeness (QED) is 0.572. The molecule has 4 fully saturated rings. The Morgan fingerprint density at radius 2 is 1.85 bits per heavy atom. The first-order valence-corrected chi connectivity index (χ1v) is 13.3. The van der Waals surface area contributed by atoms with Gasteiger partial charge in [0.2, 0.25) is 0 Å². The average molecular weight is 458 g/mol. The van der Waals surface area contributed by atoms with Gasteiger partial charge in [-0.2, -0.15) is 0 Å². The van der Waals surface area contributed by atoms with E-state index in [1.54, 1.807) is 6.07 Å². The Labute approximate surface area is 199 Å². The van der Waals surface area contributed by atoms with Crippen LogP contribution in [0.15, 0.2) is 12.1 Å². The highest BCUT2D eigenvalue weighted by Crippen LogP contribution is 2.63. The van der Waals surface area contributed by atoms with Crippen LogP contribution in [-0.4, -0.2) is 52.7 Å². The average Bonchev–Trinajstić information content (AvgIpc) is 3.62. The second-order valence-corrected chi connectivity index (χ2v) is 11.6. The Hall–Kier alpha value is -1.30. The van der Waals surface area contributed by atoms with Crippen LogP contribution in [0.25, 0.3) is 0 Å². The molecule has 4 aliphatic rings. The number of ether oxygens (including phenoxy) is 2. The molecule has 1 aromatic carbocycles. The van der Waals surface area contributed by atoms with Crippen molar-refractivity contribution in [2.45, 2.75) is 110 Å². The lowest BCUT2D eigenvalue weighted by Crippen LogP contribution is -2.66.